The second kappa shape index (κ2) is 43.8. The van der Waals surface area contributed by atoms with Gasteiger partial charge >= 0.3 is 0 Å². The third-order valence-corrected chi connectivity index (χ3v) is 27.4. The Hall–Kier alpha value is -16.2. The van der Waals surface area contributed by atoms with E-state index in [9.17, 15) is 32.8 Å². The van der Waals surface area contributed by atoms with Gasteiger partial charge in [0, 0.05) is 176 Å². The van der Waals surface area contributed by atoms with Crippen LogP contribution >= 0.6 is 0 Å². The van der Waals surface area contributed by atoms with Gasteiger partial charge in [-0.2, -0.15) is 0 Å². The van der Waals surface area contributed by atoms with Crippen LogP contribution in [-0.2, 0) is 0 Å². The lowest BCUT2D eigenvalue weighted by Gasteiger charge is -2.36. The van der Waals surface area contributed by atoms with Crippen LogP contribution < -0.4 is 53.2 Å². The van der Waals surface area contributed by atoms with Crippen molar-refractivity contribution in [3.63, 3.8) is 0 Å². The van der Waals surface area contributed by atoms with Crippen molar-refractivity contribution >= 4 is 197 Å². The van der Waals surface area contributed by atoms with E-state index in [0.29, 0.717) is 124 Å². The molecule has 2 saturated heterocycles. The van der Waals surface area contributed by atoms with E-state index < -0.39 is 11.6 Å². The molecule has 0 spiro atoms. The largest absolute Gasteiger partial charge is 0.387 e. The number of rotatable bonds is 27. The number of carbonyl (C=O) groups is 5. The van der Waals surface area contributed by atoms with Gasteiger partial charge in [-0.05, 0) is 190 Å². The third kappa shape index (κ3) is 19.6. The highest BCUT2D eigenvalue weighted by Gasteiger charge is 2.35. The Kier molecular flexibility index (Phi) is 29.7. The van der Waals surface area contributed by atoms with Gasteiger partial charge in [-0.15, -0.1) is 0 Å². The number of para-hydroxylation sites is 8. The van der Waals surface area contributed by atoms with Gasteiger partial charge in [0.05, 0.1) is 89.0 Å². The van der Waals surface area contributed by atoms with Crippen LogP contribution in [0.4, 0.5) is 37.2 Å². The van der Waals surface area contributed by atoms with E-state index >= 15 is 0 Å². The molecule has 2 unspecified atom stereocenters. The van der Waals surface area contributed by atoms with Crippen LogP contribution in [-0.4, -0.2) is 296 Å². The van der Waals surface area contributed by atoms with Gasteiger partial charge in [0.2, 0.25) is 0 Å². The van der Waals surface area contributed by atoms with Crippen molar-refractivity contribution < 1.29 is 32.8 Å². The molecule has 0 radical (unpaired) electrons. The fourth-order valence-electron chi connectivity index (χ4n) is 20.2. The summed E-state index contributed by atoms with van der Waals surface area (Å²) in [7, 11) is 11.2. The average molecular weight is 1980 g/mol. The molecule has 23 rings (SSSR count). The first-order valence-corrected chi connectivity index (χ1v) is 50.3. The molecule has 10 N–H and O–H groups in total. The molecule has 0 bridgehead atoms. The van der Waals surface area contributed by atoms with E-state index in [1.807, 2.05) is 202 Å². The Morgan fingerprint density at radius 3 is 1.11 bits per heavy atom. The second-order valence-corrected chi connectivity index (χ2v) is 37.1. The van der Waals surface area contributed by atoms with Crippen molar-refractivity contribution in [1.82, 2.24) is 128 Å². The first-order valence-electron chi connectivity index (χ1n) is 50.3. The molecule has 3 fully saturated rings. The van der Waals surface area contributed by atoms with Crippen molar-refractivity contribution in [2.45, 2.75) is 85.4 Å². The lowest BCUT2D eigenvalue weighted by Crippen LogP contribution is -2.56. The molecule has 15 aromatic heterocycles. The molecular weight excluding hydrogens is 1860 g/mol. The SMILES string of the molecule is CCN(CC)CCNC(=O)c1c(NC)c2cccnc2n2c1nc1cc(F)c(F)cc12.CCN(CC)CCNC(=O)c1c(NC)c2cccnc2n2c1nc1ccccc12.CNc1c(C(=O)N2CC(C)NC(C)C2)c2nc3ccccc3n2c2ncccc12.CNc1c(C(=O)NCCN(C)C)c2nc3ccccc3n2c2ncccc12.O=C(NCCN1CCCC1)c1c(NC2CC2)c2cncnc2n2c1nc1ccccc12. The molecule has 2 atom stereocenters. The molecule has 756 valence electrons. The van der Waals surface area contributed by atoms with Crippen LogP contribution in [0, 0.1) is 11.6 Å². The monoisotopic (exact) mass is 1980 g/mol. The van der Waals surface area contributed by atoms with E-state index in [-0.39, 0.29) is 52.8 Å². The number of likely N-dealkylation sites (N-methyl/N-ethyl adjacent to an activating group) is 3. The van der Waals surface area contributed by atoms with Gasteiger partial charge in [0.1, 0.15) is 56.7 Å². The number of pyridine rings is 9. The number of imidazole rings is 5. The van der Waals surface area contributed by atoms with Crippen LogP contribution in [0.25, 0.3) is 139 Å². The molecule has 2 aliphatic heterocycles. The number of amides is 5. The molecule has 3 aliphatic rings. The van der Waals surface area contributed by atoms with Crippen LogP contribution in [0.3, 0.4) is 0 Å². The number of nitrogens with zero attached hydrogens (tertiary/aromatic N) is 21. The minimum absolute atomic E-state index is 0.000564. The smallest absolute Gasteiger partial charge is 0.259 e. The zero-order valence-corrected chi connectivity index (χ0v) is 84.5. The van der Waals surface area contributed by atoms with Gasteiger partial charge in [-0.3, -0.25) is 46.0 Å². The Morgan fingerprint density at radius 1 is 0.388 bits per heavy atom. The summed E-state index contributed by atoms with van der Waals surface area (Å²) in [5, 5.41) is 36.2. The zero-order valence-electron chi connectivity index (χ0n) is 84.5. The lowest BCUT2D eigenvalue weighted by molar-refractivity contribution is 0.0675. The number of carbonyl (C=O) groups excluding carboxylic acids is 5. The Labute approximate surface area is 846 Å². The Morgan fingerprint density at radius 2 is 0.728 bits per heavy atom. The molecule has 5 amide bonds. The predicted molar refractivity (Wildman–Crippen MR) is 580 cm³/mol. The van der Waals surface area contributed by atoms with E-state index in [1.54, 1.807) is 54.8 Å². The lowest BCUT2D eigenvalue weighted by atomic mass is 10.1. The summed E-state index contributed by atoms with van der Waals surface area (Å²) < 4.78 is 37.4. The van der Waals surface area contributed by atoms with Gasteiger partial charge in [0.25, 0.3) is 29.5 Å². The van der Waals surface area contributed by atoms with E-state index in [1.165, 1.54) is 12.8 Å². The van der Waals surface area contributed by atoms with E-state index in [4.69, 9.17) is 19.9 Å². The highest BCUT2D eigenvalue weighted by Crippen LogP contribution is 2.41. The summed E-state index contributed by atoms with van der Waals surface area (Å²) in [6.45, 7) is 25.3. The van der Waals surface area contributed by atoms with E-state index in [0.717, 1.165) is 195 Å². The maximum absolute atomic E-state index is 14.0. The number of piperazine rings is 1. The summed E-state index contributed by atoms with van der Waals surface area (Å²) in [6, 6.07) is 49.8. The minimum atomic E-state index is -0.993. The quantitative estimate of drug-likeness (QED) is 0.0229. The fourth-order valence-corrected chi connectivity index (χ4v) is 20.2. The molecule has 5 aromatic carbocycles. The Bertz CT molecular complexity index is 8380. The molecule has 17 heterocycles. The molecule has 38 heteroatoms. The summed E-state index contributed by atoms with van der Waals surface area (Å²) in [5.74, 6) is -2.68. The maximum Gasteiger partial charge on any atom is 0.259 e. The average Bonchev–Trinajstić information content (AvgIpc) is 1.59. The van der Waals surface area contributed by atoms with Gasteiger partial charge in [-0.1, -0.05) is 76.2 Å². The molecule has 20 aromatic rings. The summed E-state index contributed by atoms with van der Waals surface area (Å²) in [5.41, 5.74) is 20.3. The molecule has 36 nitrogen and oxygen atoms in total. The second-order valence-electron chi connectivity index (χ2n) is 37.1. The summed E-state index contributed by atoms with van der Waals surface area (Å²) >= 11 is 0. The third-order valence-electron chi connectivity index (χ3n) is 27.4. The highest BCUT2D eigenvalue weighted by atomic mass is 19.2. The number of hydrogen-bond donors (Lipinski definition) is 10. The number of halogens is 2. The van der Waals surface area contributed by atoms with Gasteiger partial charge in [0.15, 0.2) is 45.5 Å². The zero-order chi connectivity index (χ0) is 102. The number of nitrogens with one attached hydrogen (secondary N) is 10. The first-order chi connectivity index (χ1) is 71.7. The molecular formula is C109H121F2N31O5. The predicted octanol–water partition coefficient (Wildman–Crippen LogP) is 14.7. The number of hydrogen-bond acceptors (Lipinski definition) is 26. The van der Waals surface area contributed by atoms with Gasteiger partial charge in [-0.25, -0.2) is 63.6 Å². The Balaban J connectivity index is 0.000000116. The number of benzene rings is 5. The maximum atomic E-state index is 14.0. The van der Waals surface area contributed by atoms with Gasteiger partial charge < -0.3 is 77.7 Å². The van der Waals surface area contributed by atoms with Crippen molar-refractivity contribution in [2.24, 2.45) is 0 Å². The number of likely N-dealkylation sites (tertiary alicyclic amines) is 1. The van der Waals surface area contributed by atoms with Crippen LogP contribution in [0.15, 0.2) is 195 Å². The minimum Gasteiger partial charge on any atom is -0.387 e. The number of aromatic nitrogens is 16. The van der Waals surface area contributed by atoms with Crippen molar-refractivity contribution in [1.29, 1.82) is 0 Å². The fraction of sp³-hybridized carbons (Fsp3) is 0.321. The van der Waals surface area contributed by atoms with Crippen LogP contribution in [0.5, 0.6) is 0 Å². The summed E-state index contributed by atoms with van der Waals surface area (Å²) in [6.07, 6.45) is 14.9. The highest BCUT2D eigenvalue weighted by molar-refractivity contribution is 6.19. The van der Waals surface area contributed by atoms with Crippen LogP contribution in [0.2, 0.25) is 0 Å². The van der Waals surface area contributed by atoms with Crippen molar-refractivity contribution in [3.8, 4) is 0 Å². The number of fused-ring (bicyclic) bond motifs is 25. The molecule has 1 aliphatic carbocycles. The van der Waals surface area contributed by atoms with E-state index in [2.05, 4.69) is 144 Å². The molecule has 147 heavy (non-hydrogen) atoms. The topological polar surface area (TPSA) is 386 Å². The first kappa shape index (κ1) is 99.6. The standard InChI is InChI=1S/C23H25N7O.C22H24F2N6O.C22H24N6O.C22H26N6O.C20H22N6O/c31-23(25-9-12-29-10-3-4-11-29)19-20(27-15-7-8-15)16-13-24-14-26-21(16)30-18-6-2-1-5-17(18)28-22(19)30;1-4-29(5-2)10-9-27-22(31)18-19(25-3)13-7-6-8-26-20(13)30-17-12-15(24)14(23)11-16(17)28-21(18)30;1-13-11-27(12-14(2)25-13)22(29)18-19(23-3)15-7-6-10-24-20(15)28-17-9-5-4-8-16(17)26-21(18)28;1-4-27(5-2)14-13-25-22(29)18-19(23-3)15-9-8-12-24-20(15)28-17-11-7-6-10-16(17)26-21(18)28;1-21-17-13-7-6-10-22-18(13)26-15-9-5-4-8-14(15)24-19(26)16(17)20(27)23-11-12-25(2)3/h1-2,5-6,13-15,27H,3-4,7-12H2,(H,25,31);6-8,11-12,25H,4-5,9-10H2,1-3H3,(H,27,31);4-10,13-14,23,25H,11-12H2,1-3H3;6-12,23H,4-5,13-14H2,1-3H3,(H,25,29);4-10,21H,11-12H2,1-3H3,(H,23,27). The summed E-state index contributed by atoms with van der Waals surface area (Å²) in [4.78, 5) is 129. The van der Waals surface area contributed by atoms with Crippen molar-refractivity contribution in [2.75, 3.05) is 174 Å². The molecule has 1 saturated carbocycles. The number of anilines is 5. The van der Waals surface area contributed by atoms with Crippen LogP contribution in [0.1, 0.15) is 119 Å². The van der Waals surface area contributed by atoms with Crippen molar-refractivity contribution in [3.05, 3.63) is 234 Å². The normalized spacial score (nSPS) is 14.4.